The zero-order valence-electron chi connectivity index (χ0n) is 12.2. The lowest BCUT2D eigenvalue weighted by Gasteiger charge is -2.11. The van der Waals surface area contributed by atoms with Crippen LogP contribution in [-0.4, -0.2) is 16.0 Å². The molecule has 0 aliphatic heterocycles. The highest BCUT2D eigenvalue weighted by atomic mass is 79.9. The number of hydrogen-bond donors (Lipinski definition) is 1. The van der Waals surface area contributed by atoms with Gasteiger partial charge in [-0.25, -0.2) is 9.37 Å². The second-order valence-electron chi connectivity index (χ2n) is 4.98. The van der Waals surface area contributed by atoms with Crippen molar-refractivity contribution in [3.63, 3.8) is 0 Å². The van der Waals surface area contributed by atoms with Gasteiger partial charge in [0.05, 0.1) is 0 Å². The predicted molar refractivity (Wildman–Crippen MR) is 82.9 cm³/mol. The average Bonchev–Trinajstić information content (AvgIpc) is 2.41. The topological polar surface area (TPSA) is 47.0 Å². The molecule has 0 spiro atoms. The Labute approximate surface area is 131 Å². The van der Waals surface area contributed by atoms with Crippen molar-refractivity contribution in [2.45, 2.75) is 33.4 Å². The van der Waals surface area contributed by atoms with Crippen molar-refractivity contribution in [1.29, 1.82) is 0 Å². The van der Waals surface area contributed by atoms with Crippen LogP contribution in [0.25, 0.3) is 0 Å². The van der Waals surface area contributed by atoms with Gasteiger partial charge in [0.2, 0.25) is 0 Å². The maximum Gasteiger partial charge on any atom is 0.322 e. The Morgan fingerprint density at radius 3 is 2.76 bits per heavy atom. The van der Waals surface area contributed by atoms with Gasteiger partial charge in [0, 0.05) is 34.5 Å². The van der Waals surface area contributed by atoms with Crippen molar-refractivity contribution >= 4 is 15.9 Å². The Balaban J connectivity index is 2.12. The van der Waals surface area contributed by atoms with E-state index in [1.165, 1.54) is 12.1 Å². The molecule has 1 aromatic carbocycles. The number of nitrogens with zero attached hydrogens (tertiary/aromatic N) is 2. The fourth-order valence-electron chi connectivity index (χ4n) is 1.66. The lowest BCUT2D eigenvalue weighted by molar-refractivity contribution is 0.408. The second kappa shape index (κ2) is 6.95. The summed E-state index contributed by atoms with van der Waals surface area (Å²) in [5, 5.41) is 3.30. The Morgan fingerprint density at radius 2 is 2.14 bits per heavy atom. The molecule has 0 fully saturated rings. The second-order valence-corrected chi connectivity index (χ2v) is 5.89. The van der Waals surface area contributed by atoms with Gasteiger partial charge >= 0.3 is 6.01 Å². The van der Waals surface area contributed by atoms with E-state index in [0.29, 0.717) is 17.1 Å². The minimum Gasteiger partial charge on any atom is -0.421 e. The Hall–Kier alpha value is -1.53. The minimum absolute atomic E-state index is 0.102. The SMILES string of the molecule is Cc1nc(Oc2ccc(Br)cc2F)ncc1CNC(C)C. The molecule has 0 radical (unpaired) electrons. The molecule has 0 aliphatic carbocycles. The van der Waals surface area contributed by atoms with Gasteiger partial charge in [-0.1, -0.05) is 29.8 Å². The molecule has 1 heterocycles. The van der Waals surface area contributed by atoms with E-state index in [2.05, 4.69) is 45.1 Å². The fraction of sp³-hybridized carbons (Fsp3) is 0.333. The van der Waals surface area contributed by atoms with Crippen molar-refractivity contribution in [3.8, 4) is 11.8 Å². The number of benzene rings is 1. The molecule has 0 saturated carbocycles. The van der Waals surface area contributed by atoms with Crippen LogP contribution in [0.3, 0.4) is 0 Å². The zero-order valence-corrected chi connectivity index (χ0v) is 13.7. The van der Waals surface area contributed by atoms with E-state index in [-0.39, 0.29) is 11.8 Å². The first-order chi connectivity index (χ1) is 9.95. The maximum atomic E-state index is 13.7. The number of halogens is 2. The van der Waals surface area contributed by atoms with Gasteiger partial charge in [0.1, 0.15) is 0 Å². The van der Waals surface area contributed by atoms with Gasteiger partial charge in [-0.3, -0.25) is 0 Å². The summed E-state index contributed by atoms with van der Waals surface area (Å²) in [6.07, 6.45) is 1.70. The molecule has 112 valence electrons. The molecule has 0 amide bonds. The maximum absolute atomic E-state index is 13.7. The van der Waals surface area contributed by atoms with Crippen molar-refractivity contribution in [2.24, 2.45) is 0 Å². The Kier molecular flexibility index (Phi) is 5.25. The van der Waals surface area contributed by atoms with Gasteiger partial charge in [-0.05, 0) is 25.1 Å². The number of hydrogen-bond acceptors (Lipinski definition) is 4. The smallest absolute Gasteiger partial charge is 0.322 e. The van der Waals surface area contributed by atoms with Gasteiger partial charge in [0.15, 0.2) is 11.6 Å². The van der Waals surface area contributed by atoms with Crippen LogP contribution in [-0.2, 0) is 6.54 Å². The van der Waals surface area contributed by atoms with Crippen molar-refractivity contribution < 1.29 is 9.13 Å². The Morgan fingerprint density at radius 1 is 1.38 bits per heavy atom. The molecule has 4 nitrogen and oxygen atoms in total. The standard InChI is InChI=1S/C15H17BrFN3O/c1-9(2)18-7-11-8-19-15(20-10(11)3)21-14-5-4-12(16)6-13(14)17/h4-6,8-9,18H,7H2,1-3H3. The monoisotopic (exact) mass is 353 g/mol. The van der Waals surface area contributed by atoms with E-state index >= 15 is 0 Å². The van der Waals surface area contributed by atoms with Gasteiger partial charge < -0.3 is 10.1 Å². The number of rotatable bonds is 5. The molecule has 2 aromatic rings. The first-order valence-corrected chi connectivity index (χ1v) is 7.44. The molecule has 21 heavy (non-hydrogen) atoms. The molecular formula is C15H17BrFN3O. The van der Waals surface area contributed by atoms with E-state index in [1.54, 1.807) is 12.3 Å². The summed E-state index contributed by atoms with van der Waals surface area (Å²) in [5.74, 6) is -0.359. The largest absolute Gasteiger partial charge is 0.421 e. The predicted octanol–water partition coefficient (Wildman–Crippen LogP) is 3.98. The highest BCUT2D eigenvalue weighted by Crippen LogP contribution is 2.25. The quantitative estimate of drug-likeness (QED) is 0.883. The summed E-state index contributed by atoms with van der Waals surface area (Å²) in [5.41, 5.74) is 1.80. The molecule has 0 unspecified atom stereocenters. The van der Waals surface area contributed by atoms with Crippen LogP contribution in [0, 0.1) is 12.7 Å². The third-order valence-corrected chi connectivity index (χ3v) is 3.35. The van der Waals surface area contributed by atoms with Crippen LogP contribution in [0.4, 0.5) is 4.39 Å². The average molecular weight is 354 g/mol. The summed E-state index contributed by atoms with van der Waals surface area (Å²) in [6.45, 7) is 6.72. The fourth-order valence-corrected chi connectivity index (χ4v) is 2.00. The molecule has 0 atom stereocenters. The molecule has 6 heteroatoms. The van der Waals surface area contributed by atoms with Crippen molar-refractivity contribution in [2.75, 3.05) is 0 Å². The van der Waals surface area contributed by atoms with Crippen LogP contribution in [0.15, 0.2) is 28.9 Å². The van der Waals surface area contributed by atoms with E-state index in [4.69, 9.17) is 4.74 Å². The van der Waals surface area contributed by atoms with Crippen LogP contribution < -0.4 is 10.1 Å². The number of aromatic nitrogens is 2. The van der Waals surface area contributed by atoms with Crippen molar-refractivity contribution in [1.82, 2.24) is 15.3 Å². The molecule has 1 N–H and O–H groups in total. The first kappa shape index (κ1) is 15.9. The van der Waals surface area contributed by atoms with E-state index < -0.39 is 5.82 Å². The third kappa shape index (κ3) is 4.47. The van der Waals surface area contributed by atoms with Gasteiger partial charge in [-0.15, -0.1) is 0 Å². The molecular weight excluding hydrogens is 337 g/mol. The zero-order chi connectivity index (χ0) is 15.4. The van der Waals surface area contributed by atoms with Crippen LogP contribution in [0.5, 0.6) is 11.8 Å². The van der Waals surface area contributed by atoms with E-state index in [0.717, 1.165) is 11.3 Å². The number of nitrogens with one attached hydrogen (secondary N) is 1. The number of aryl methyl sites for hydroxylation is 1. The molecule has 2 rings (SSSR count). The van der Waals surface area contributed by atoms with Gasteiger partial charge in [0.25, 0.3) is 0 Å². The number of ether oxygens (including phenoxy) is 1. The first-order valence-electron chi connectivity index (χ1n) is 6.64. The lowest BCUT2D eigenvalue weighted by Crippen LogP contribution is -2.22. The summed E-state index contributed by atoms with van der Waals surface area (Å²) in [7, 11) is 0. The van der Waals surface area contributed by atoms with Crippen LogP contribution >= 0.6 is 15.9 Å². The van der Waals surface area contributed by atoms with Crippen molar-refractivity contribution in [3.05, 3.63) is 45.9 Å². The normalized spacial score (nSPS) is 11.0. The molecule has 0 saturated heterocycles. The molecule has 1 aromatic heterocycles. The summed E-state index contributed by atoms with van der Waals surface area (Å²) in [6, 6.07) is 5.10. The summed E-state index contributed by atoms with van der Waals surface area (Å²) in [4.78, 5) is 8.38. The van der Waals surface area contributed by atoms with Crippen LogP contribution in [0.1, 0.15) is 25.1 Å². The summed E-state index contributed by atoms with van der Waals surface area (Å²) < 4.78 is 19.7. The highest BCUT2D eigenvalue weighted by molar-refractivity contribution is 9.10. The third-order valence-electron chi connectivity index (χ3n) is 2.85. The minimum atomic E-state index is -0.462. The van der Waals surface area contributed by atoms with Gasteiger partial charge in [-0.2, -0.15) is 4.98 Å². The lowest BCUT2D eigenvalue weighted by atomic mass is 10.2. The molecule has 0 aliphatic rings. The highest BCUT2D eigenvalue weighted by Gasteiger charge is 2.09. The molecule has 0 bridgehead atoms. The van der Waals surface area contributed by atoms with E-state index in [9.17, 15) is 4.39 Å². The van der Waals surface area contributed by atoms with Crippen LogP contribution in [0.2, 0.25) is 0 Å². The summed E-state index contributed by atoms with van der Waals surface area (Å²) >= 11 is 3.20. The van der Waals surface area contributed by atoms with E-state index in [1.807, 2.05) is 6.92 Å². The Bertz CT molecular complexity index is 634.